The summed E-state index contributed by atoms with van der Waals surface area (Å²) in [6.07, 6.45) is 6.23. The Morgan fingerprint density at radius 2 is 2.19 bits per heavy atom. The minimum absolute atomic E-state index is 0.811. The molecule has 112 valence electrons. The first-order valence-electron chi connectivity index (χ1n) is 7.14. The van der Waals surface area contributed by atoms with Crippen LogP contribution in [0.2, 0.25) is 0 Å². The van der Waals surface area contributed by atoms with Crippen LogP contribution in [0.1, 0.15) is 32.0 Å². The molecule has 3 rings (SSSR count). The van der Waals surface area contributed by atoms with Gasteiger partial charge in [0.25, 0.3) is 0 Å². The largest absolute Gasteiger partial charge is 0.369 e. The normalized spacial score (nSPS) is 14.6. The summed E-state index contributed by atoms with van der Waals surface area (Å²) in [6, 6.07) is 0. The molecule has 1 aliphatic rings. The van der Waals surface area contributed by atoms with Crippen molar-refractivity contribution in [2.75, 3.05) is 11.9 Å². The Morgan fingerprint density at radius 3 is 3.05 bits per heavy atom. The molecule has 0 aliphatic carbocycles. The third kappa shape index (κ3) is 3.21. The lowest BCUT2D eigenvalue weighted by molar-refractivity contribution is 0.590. The Morgan fingerprint density at radius 1 is 1.29 bits per heavy atom. The van der Waals surface area contributed by atoms with Crippen molar-refractivity contribution in [3.05, 3.63) is 16.6 Å². The smallest absolute Gasteiger partial charge is 0.197 e. The lowest BCUT2D eigenvalue weighted by atomic mass is 10.2. The highest BCUT2D eigenvalue weighted by atomic mass is 79.9. The van der Waals surface area contributed by atoms with Crippen LogP contribution in [-0.2, 0) is 13.0 Å². The van der Waals surface area contributed by atoms with E-state index in [1.165, 1.54) is 31.0 Å². The Hall–Kier alpha value is -1.15. The molecule has 21 heavy (non-hydrogen) atoms. The fourth-order valence-corrected chi connectivity index (χ4v) is 3.77. The van der Waals surface area contributed by atoms with Crippen molar-refractivity contribution in [2.45, 2.75) is 49.3 Å². The summed E-state index contributed by atoms with van der Waals surface area (Å²) >= 11 is 5.11. The van der Waals surface area contributed by atoms with Gasteiger partial charge < -0.3 is 9.88 Å². The van der Waals surface area contributed by atoms with Crippen LogP contribution < -0.4 is 5.32 Å². The number of aryl methyl sites for hydroxylation is 1. The zero-order valence-corrected chi connectivity index (χ0v) is 14.2. The maximum absolute atomic E-state index is 4.35. The summed E-state index contributed by atoms with van der Waals surface area (Å²) < 4.78 is 3.10. The van der Waals surface area contributed by atoms with Gasteiger partial charge in [0.2, 0.25) is 0 Å². The van der Waals surface area contributed by atoms with Crippen LogP contribution in [0.5, 0.6) is 0 Å². The maximum atomic E-state index is 4.35. The molecule has 8 heteroatoms. The van der Waals surface area contributed by atoms with Crippen LogP contribution in [0.4, 0.5) is 5.82 Å². The Kier molecular flexibility index (Phi) is 4.74. The second kappa shape index (κ2) is 6.74. The van der Waals surface area contributed by atoms with Gasteiger partial charge in [-0.15, -0.1) is 10.2 Å². The van der Waals surface area contributed by atoms with Gasteiger partial charge in [-0.1, -0.05) is 6.42 Å². The molecular weight excluding hydrogens is 352 g/mol. The highest BCUT2D eigenvalue weighted by Crippen LogP contribution is 2.34. The van der Waals surface area contributed by atoms with E-state index in [9.17, 15) is 0 Å². The average molecular weight is 369 g/mol. The van der Waals surface area contributed by atoms with Crippen LogP contribution in [0, 0.1) is 0 Å². The van der Waals surface area contributed by atoms with Gasteiger partial charge in [0, 0.05) is 19.5 Å². The molecule has 0 amide bonds. The fourth-order valence-electron chi connectivity index (χ4n) is 2.34. The van der Waals surface area contributed by atoms with Gasteiger partial charge >= 0.3 is 0 Å². The van der Waals surface area contributed by atoms with E-state index in [2.05, 4.69) is 46.0 Å². The van der Waals surface area contributed by atoms with E-state index in [1.54, 1.807) is 6.33 Å². The van der Waals surface area contributed by atoms with Crippen molar-refractivity contribution in [3.63, 3.8) is 0 Å². The first kappa shape index (κ1) is 14.8. The molecule has 0 spiro atoms. The predicted octanol–water partition coefficient (Wildman–Crippen LogP) is 3.14. The van der Waals surface area contributed by atoms with Crippen molar-refractivity contribution in [1.29, 1.82) is 0 Å². The molecule has 1 aliphatic heterocycles. The number of nitrogens with zero attached hydrogens (tertiary/aromatic N) is 5. The number of hydrogen-bond donors (Lipinski definition) is 1. The molecule has 0 fully saturated rings. The standard InChI is InChI=1S/C13H17BrN6S/c1-2-15-11-10(14)12(17-8-16-11)21-13-19-18-9-6-4-3-5-7-20(9)13/h8H,2-7H2,1H3,(H,15,16,17). The van der Waals surface area contributed by atoms with Crippen molar-refractivity contribution in [3.8, 4) is 0 Å². The van der Waals surface area contributed by atoms with Gasteiger partial charge in [-0.25, -0.2) is 9.97 Å². The second-order valence-electron chi connectivity index (χ2n) is 4.83. The predicted molar refractivity (Wildman–Crippen MR) is 85.6 cm³/mol. The van der Waals surface area contributed by atoms with E-state index >= 15 is 0 Å². The highest BCUT2D eigenvalue weighted by Gasteiger charge is 2.18. The Labute approximate surface area is 136 Å². The number of rotatable bonds is 4. The van der Waals surface area contributed by atoms with E-state index in [0.29, 0.717) is 0 Å². The minimum Gasteiger partial charge on any atom is -0.369 e. The van der Waals surface area contributed by atoms with Crippen LogP contribution in [0.3, 0.4) is 0 Å². The summed E-state index contributed by atoms with van der Waals surface area (Å²) in [5.41, 5.74) is 0. The van der Waals surface area contributed by atoms with Crippen LogP contribution in [0.25, 0.3) is 0 Å². The van der Waals surface area contributed by atoms with E-state index in [1.807, 2.05) is 6.92 Å². The fraction of sp³-hybridized carbons (Fsp3) is 0.538. The zero-order chi connectivity index (χ0) is 14.7. The first-order chi connectivity index (χ1) is 10.3. The summed E-state index contributed by atoms with van der Waals surface area (Å²) in [5.74, 6) is 1.90. The molecule has 0 unspecified atom stereocenters. The van der Waals surface area contributed by atoms with Crippen LogP contribution in [-0.4, -0.2) is 31.3 Å². The van der Waals surface area contributed by atoms with Crippen LogP contribution in [0.15, 0.2) is 21.0 Å². The van der Waals surface area contributed by atoms with Gasteiger partial charge in [0.15, 0.2) is 5.16 Å². The lowest BCUT2D eigenvalue weighted by Gasteiger charge is -2.09. The molecule has 0 aromatic carbocycles. The molecule has 0 atom stereocenters. The minimum atomic E-state index is 0.811. The molecule has 0 bridgehead atoms. The van der Waals surface area contributed by atoms with Crippen molar-refractivity contribution >= 4 is 33.5 Å². The number of hydrogen-bond acceptors (Lipinski definition) is 6. The molecule has 3 heterocycles. The summed E-state index contributed by atoms with van der Waals surface area (Å²) in [5, 5.41) is 13.6. The molecule has 0 saturated carbocycles. The number of nitrogens with one attached hydrogen (secondary N) is 1. The Bertz CT molecular complexity index is 629. The molecule has 0 saturated heterocycles. The summed E-state index contributed by atoms with van der Waals surface area (Å²) in [4.78, 5) is 8.59. The Balaban J connectivity index is 1.87. The molecule has 0 radical (unpaired) electrons. The molecule has 1 N–H and O–H groups in total. The summed E-state index contributed by atoms with van der Waals surface area (Å²) in [6.45, 7) is 3.85. The van der Waals surface area contributed by atoms with Crippen molar-refractivity contribution in [1.82, 2.24) is 24.7 Å². The number of halogens is 1. The zero-order valence-electron chi connectivity index (χ0n) is 11.8. The van der Waals surface area contributed by atoms with E-state index in [4.69, 9.17) is 0 Å². The topological polar surface area (TPSA) is 68.5 Å². The second-order valence-corrected chi connectivity index (χ2v) is 6.58. The SMILES string of the molecule is CCNc1ncnc(Sc2nnc3n2CCCCC3)c1Br. The third-order valence-corrected chi connectivity index (χ3v) is 5.37. The van der Waals surface area contributed by atoms with Gasteiger partial charge in [-0.3, -0.25) is 0 Å². The lowest BCUT2D eigenvalue weighted by Crippen LogP contribution is -2.04. The maximum Gasteiger partial charge on any atom is 0.197 e. The van der Waals surface area contributed by atoms with Crippen molar-refractivity contribution < 1.29 is 0 Å². The van der Waals surface area contributed by atoms with Gasteiger partial charge in [-0.05, 0) is 47.5 Å². The van der Waals surface area contributed by atoms with Crippen molar-refractivity contribution in [2.24, 2.45) is 0 Å². The number of anilines is 1. The molecular formula is C13H17BrN6S. The van der Waals surface area contributed by atoms with Gasteiger partial charge in [0.05, 0.1) is 4.47 Å². The molecule has 6 nitrogen and oxygen atoms in total. The van der Waals surface area contributed by atoms with E-state index in [-0.39, 0.29) is 0 Å². The molecule has 2 aromatic rings. The first-order valence-corrected chi connectivity index (χ1v) is 8.75. The third-order valence-electron chi connectivity index (χ3n) is 3.37. The highest BCUT2D eigenvalue weighted by molar-refractivity contribution is 9.10. The molecule has 2 aromatic heterocycles. The number of aromatic nitrogens is 5. The van der Waals surface area contributed by atoms with E-state index < -0.39 is 0 Å². The summed E-state index contributed by atoms with van der Waals surface area (Å²) in [7, 11) is 0. The number of fused-ring (bicyclic) bond motifs is 1. The van der Waals surface area contributed by atoms with Crippen LogP contribution >= 0.6 is 27.7 Å². The average Bonchev–Trinajstić information content (AvgIpc) is 2.71. The quantitative estimate of drug-likeness (QED) is 0.836. The van der Waals surface area contributed by atoms with Gasteiger partial charge in [0.1, 0.15) is 23.0 Å². The van der Waals surface area contributed by atoms with E-state index in [0.717, 1.165) is 45.8 Å². The monoisotopic (exact) mass is 368 g/mol. The van der Waals surface area contributed by atoms with Gasteiger partial charge in [-0.2, -0.15) is 0 Å².